The van der Waals surface area contributed by atoms with Crippen LogP contribution in [0.2, 0.25) is 0 Å². The van der Waals surface area contributed by atoms with E-state index in [9.17, 15) is 35.9 Å². The van der Waals surface area contributed by atoms with Gasteiger partial charge in [-0.05, 0) is 35.4 Å². The van der Waals surface area contributed by atoms with Crippen molar-refractivity contribution in [2.45, 2.75) is 12.4 Å². The summed E-state index contributed by atoms with van der Waals surface area (Å²) in [5.41, 5.74) is -2.13. The highest BCUT2D eigenvalue weighted by molar-refractivity contribution is 6.30. The zero-order chi connectivity index (χ0) is 21.8. The van der Waals surface area contributed by atoms with Crippen molar-refractivity contribution in [1.82, 2.24) is 10.6 Å². The largest absolute Gasteiger partial charge is 0.416 e. The molecule has 0 unspecified atom stereocenters. The minimum atomic E-state index is -4.62. The van der Waals surface area contributed by atoms with Crippen molar-refractivity contribution < 1.29 is 35.9 Å². The molecular weight excluding hydrogens is 414 g/mol. The van der Waals surface area contributed by atoms with Gasteiger partial charge < -0.3 is 10.6 Å². The Kier molecular flexibility index (Phi) is 4.26. The van der Waals surface area contributed by atoms with Crippen molar-refractivity contribution in [2.24, 2.45) is 0 Å². The molecule has 4 rings (SSSR count). The second-order valence-corrected chi connectivity index (χ2v) is 6.56. The number of benzene rings is 2. The van der Waals surface area contributed by atoms with Gasteiger partial charge in [0.05, 0.1) is 33.7 Å². The summed E-state index contributed by atoms with van der Waals surface area (Å²) in [4.78, 5) is 24.9. The van der Waals surface area contributed by atoms with E-state index in [2.05, 4.69) is 10.6 Å². The molecule has 2 aromatic carbocycles. The minimum absolute atomic E-state index is 0.0109. The van der Waals surface area contributed by atoms with Crippen molar-refractivity contribution >= 4 is 23.2 Å². The van der Waals surface area contributed by atoms with Crippen LogP contribution in [0.1, 0.15) is 22.3 Å². The summed E-state index contributed by atoms with van der Waals surface area (Å²) in [7, 11) is 0. The maximum Gasteiger partial charge on any atom is 0.416 e. The fraction of sp³-hybridized carbons (Fsp3) is 0.100. The predicted octanol–water partition coefficient (Wildman–Crippen LogP) is 4.11. The minimum Gasteiger partial charge on any atom is -0.321 e. The first-order valence-electron chi connectivity index (χ1n) is 8.43. The molecule has 0 radical (unpaired) electrons. The molecular formula is C20H10F6N2O2. The summed E-state index contributed by atoms with van der Waals surface area (Å²) in [6.45, 7) is 0. The Hall–Kier alpha value is -3.56. The van der Waals surface area contributed by atoms with Crippen LogP contribution in [0.5, 0.6) is 0 Å². The Bertz CT molecular complexity index is 1140. The maximum atomic E-state index is 13.0. The molecule has 0 fully saturated rings. The zero-order valence-corrected chi connectivity index (χ0v) is 14.7. The molecule has 0 saturated heterocycles. The van der Waals surface area contributed by atoms with Crippen molar-refractivity contribution in [1.29, 1.82) is 0 Å². The van der Waals surface area contributed by atoms with Crippen LogP contribution >= 0.6 is 0 Å². The summed E-state index contributed by atoms with van der Waals surface area (Å²) in [5.74, 6) is -1.49. The molecule has 0 atom stereocenters. The van der Waals surface area contributed by atoms with Crippen LogP contribution in [-0.4, -0.2) is 11.8 Å². The first kappa shape index (κ1) is 19.7. The number of hydrogen-bond acceptors (Lipinski definition) is 2. The summed E-state index contributed by atoms with van der Waals surface area (Å²) in [5, 5.41) is 4.82. The maximum absolute atomic E-state index is 13.0. The molecule has 2 aromatic rings. The van der Waals surface area contributed by atoms with E-state index in [0.717, 1.165) is 42.5 Å². The summed E-state index contributed by atoms with van der Waals surface area (Å²) < 4.78 is 77.3. The first-order valence-corrected chi connectivity index (χ1v) is 8.43. The van der Waals surface area contributed by atoms with Crippen LogP contribution in [0.15, 0.2) is 59.7 Å². The molecule has 0 saturated carbocycles. The quantitative estimate of drug-likeness (QED) is 0.714. The monoisotopic (exact) mass is 424 g/mol. The lowest BCUT2D eigenvalue weighted by Crippen LogP contribution is -2.21. The van der Waals surface area contributed by atoms with Gasteiger partial charge in [0.15, 0.2) is 0 Å². The van der Waals surface area contributed by atoms with Gasteiger partial charge in [0.1, 0.15) is 0 Å². The average Bonchev–Trinajstić information content (AvgIpc) is 3.19. The van der Waals surface area contributed by atoms with Gasteiger partial charge in [0.2, 0.25) is 0 Å². The Morgan fingerprint density at radius 3 is 1.60 bits per heavy atom. The van der Waals surface area contributed by atoms with Gasteiger partial charge in [-0.25, -0.2) is 0 Å². The molecule has 2 aliphatic rings. The van der Waals surface area contributed by atoms with Gasteiger partial charge in [-0.1, -0.05) is 24.3 Å². The smallest absolute Gasteiger partial charge is 0.321 e. The fourth-order valence-electron chi connectivity index (χ4n) is 3.29. The highest BCUT2D eigenvalue weighted by Gasteiger charge is 2.41. The van der Waals surface area contributed by atoms with Crippen molar-refractivity contribution in [3.8, 4) is 0 Å². The van der Waals surface area contributed by atoms with Crippen molar-refractivity contribution in [3.63, 3.8) is 0 Å². The Labute approximate surface area is 164 Å². The number of nitrogens with one attached hydrogen (secondary N) is 2. The lowest BCUT2D eigenvalue weighted by molar-refractivity contribution is -0.138. The summed E-state index contributed by atoms with van der Waals surface area (Å²) in [6.07, 6.45) is -9.17. The second kappa shape index (κ2) is 6.48. The number of halogens is 6. The van der Waals surface area contributed by atoms with Gasteiger partial charge >= 0.3 is 12.4 Å². The lowest BCUT2D eigenvalue weighted by atomic mass is 10.0. The molecule has 30 heavy (non-hydrogen) atoms. The van der Waals surface area contributed by atoms with Gasteiger partial charge in [-0.2, -0.15) is 26.3 Å². The highest BCUT2D eigenvalue weighted by Crippen LogP contribution is 2.39. The summed E-state index contributed by atoms with van der Waals surface area (Å²) >= 11 is 0. The number of rotatable bonds is 2. The zero-order valence-electron chi connectivity index (χ0n) is 14.7. The van der Waals surface area contributed by atoms with Crippen LogP contribution in [0.4, 0.5) is 26.3 Å². The van der Waals surface area contributed by atoms with Gasteiger partial charge in [-0.3, -0.25) is 9.59 Å². The highest BCUT2D eigenvalue weighted by atomic mass is 19.4. The SMILES string of the molecule is O=C1NC(c2cccc(C(F)(F)F)c2)=C2C(=O)NC(c3ccc(C(F)(F)F)cc3)=C12. The van der Waals surface area contributed by atoms with E-state index in [1.54, 1.807) is 0 Å². The van der Waals surface area contributed by atoms with Crippen LogP contribution in [0.3, 0.4) is 0 Å². The molecule has 0 aliphatic carbocycles. The Morgan fingerprint density at radius 1 is 0.600 bits per heavy atom. The number of hydrogen-bond donors (Lipinski definition) is 2. The van der Waals surface area contributed by atoms with E-state index in [1.807, 2.05) is 0 Å². The third-order valence-electron chi connectivity index (χ3n) is 4.66. The molecule has 10 heteroatoms. The molecule has 4 nitrogen and oxygen atoms in total. The van der Waals surface area contributed by atoms with E-state index in [1.165, 1.54) is 6.07 Å². The molecule has 154 valence electrons. The molecule has 2 amide bonds. The molecule has 2 aliphatic heterocycles. The fourth-order valence-corrected chi connectivity index (χ4v) is 3.29. The molecule has 0 bridgehead atoms. The van der Waals surface area contributed by atoms with Crippen LogP contribution in [-0.2, 0) is 21.9 Å². The van der Waals surface area contributed by atoms with Crippen molar-refractivity contribution in [3.05, 3.63) is 81.9 Å². The number of carbonyl (C=O) groups excluding carboxylic acids is 2. The molecule has 2 N–H and O–H groups in total. The number of amides is 2. The molecule has 0 aromatic heterocycles. The van der Waals surface area contributed by atoms with Crippen LogP contribution < -0.4 is 10.6 Å². The third-order valence-corrected chi connectivity index (χ3v) is 4.66. The second-order valence-electron chi connectivity index (χ2n) is 6.56. The van der Waals surface area contributed by atoms with Gasteiger partial charge in [0, 0.05) is 0 Å². The molecule has 2 heterocycles. The van der Waals surface area contributed by atoms with Gasteiger partial charge in [0.25, 0.3) is 11.8 Å². The first-order chi connectivity index (χ1) is 14.0. The van der Waals surface area contributed by atoms with E-state index in [0.29, 0.717) is 0 Å². The van der Waals surface area contributed by atoms with Crippen LogP contribution in [0.25, 0.3) is 11.4 Å². The average molecular weight is 424 g/mol. The Balaban J connectivity index is 1.81. The van der Waals surface area contributed by atoms with E-state index < -0.39 is 35.3 Å². The van der Waals surface area contributed by atoms with Gasteiger partial charge in [-0.15, -0.1) is 0 Å². The van der Waals surface area contributed by atoms with E-state index in [-0.39, 0.29) is 33.7 Å². The number of alkyl halides is 6. The normalized spacial score (nSPS) is 16.7. The topological polar surface area (TPSA) is 58.2 Å². The summed E-state index contributed by atoms with van der Waals surface area (Å²) in [6, 6.07) is 7.91. The van der Waals surface area contributed by atoms with Crippen molar-refractivity contribution in [2.75, 3.05) is 0 Å². The predicted molar refractivity (Wildman–Crippen MR) is 93.0 cm³/mol. The number of fused-ring (bicyclic) bond motifs is 1. The van der Waals surface area contributed by atoms with E-state index in [4.69, 9.17) is 0 Å². The third kappa shape index (κ3) is 3.23. The molecule has 0 spiro atoms. The number of carbonyl (C=O) groups is 2. The standard InChI is InChI=1S/C20H10F6N2O2/c21-19(22,23)11-6-4-9(5-7-11)15-13-14(18(30)27-15)16(28-17(13)29)10-2-1-3-12(8-10)20(24,25)26/h1-8H,(H,27,30)(H,28,29). The van der Waals surface area contributed by atoms with E-state index >= 15 is 0 Å². The van der Waals surface area contributed by atoms with Crippen LogP contribution in [0, 0.1) is 0 Å². The lowest BCUT2D eigenvalue weighted by Gasteiger charge is -2.11. The Morgan fingerprint density at radius 2 is 1.10 bits per heavy atom.